The molecule has 1 fully saturated rings. The lowest BCUT2D eigenvalue weighted by Crippen LogP contribution is -2.44. The van der Waals surface area contributed by atoms with E-state index in [1.54, 1.807) is 0 Å². The van der Waals surface area contributed by atoms with Gasteiger partial charge in [0.05, 0.1) is 0 Å². The van der Waals surface area contributed by atoms with Gasteiger partial charge in [-0.3, -0.25) is 4.79 Å². The lowest BCUT2D eigenvalue weighted by Gasteiger charge is -2.32. The van der Waals surface area contributed by atoms with E-state index in [1.165, 1.54) is 11.0 Å². The van der Waals surface area contributed by atoms with Crippen molar-refractivity contribution in [2.24, 2.45) is 0 Å². The lowest BCUT2D eigenvalue weighted by atomic mass is 10.0. The molecule has 1 heterocycles. The molecule has 6 heteroatoms. The Hall–Kier alpha value is -1.20. The van der Waals surface area contributed by atoms with Crippen molar-refractivity contribution in [1.82, 2.24) is 10.2 Å². The van der Waals surface area contributed by atoms with Crippen molar-refractivity contribution < 1.29 is 13.6 Å². The predicted molar refractivity (Wildman–Crippen MR) is 71.6 cm³/mol. The predicted octanol–water partition coefficient (Wildman–Crippen LogP) is 2.21. The highest BCUT2D eigenvalue weighted by Gasteiger charge is 2.26. The molecule has 0 spiro atoms. The summed E-state index contributed by atoms with van der Waals surface area (Å²) < 4.78 is 27.0. The molecule has 1 amide bonds. The average Bonchev–Trinajstić information content (AvgIpc) is 2.38. The third kappa shape index (κ3) is 3.42. The van der Waals surface area contributed by atoms with E-state index in [2.05, 4.69) is 5.32 Å². The maximum Gasteiger partial charge on any atom is 0.259 e. The third-order valence-corrected chi connectivity index (χ3v) is 3.37. The minimum Gasteiger partial charge on any atom is -0.338 e. The number of carbonyl (C=O) groups is 1. The molecule has 1 aliphatic heterocycles. The Kier molecular flexibility index (Phi) is 5.69. The fourth-order valence-electron chi connectivity index (χ4n) is 2.23. The summed E-state index contributed by atoms with van der Waals surface area (Å²) in [5.74, 6) is -2.15. The van der Waals surface area contributed by atoms with E-state index >= 15 is 0 Å². The summed E-state index contributed by atoms with van der Waals surface area (Å²) in [6.45, 7) is 1.05. The zero-order valence-corrected chi connectivity index (χ0v) is 11.5. The molecule has 19 heavy (non-hydrogen) atoms. The van der Waals surface area contributed by atoms with Crippen LogP contribution < -0.4 is 5.32 Å². The zero-order chi connectivity index (χ0) is 13.1. The van der Waals surface area contributed by atoms with Crippen molar-refractivity contribution in [1.29, 1.82) is 0 Å². The molecule has 0 unspecified atom stereocenters. The molecular weight excluding hydrogens is 274 g/mol. The summed E-state index contributed by atoms with van der Waals surface area (Å²) in [6.07, 6.45) is 1.61. The number of nitrogens with one attached hydrogen (secondary N) is 1. The Bertz CT molecular complexity index is 428. The fraction of sp³-hybridized carbons (Fsp3) is 0.462. The van der Waals surface area contributed by atoms with Crippen LogP contribution in [0, 0.1) is 11.6 Å². The van der Waals surface area contributed by atoms with E-state index in [-0.39, 0.29) is 12.4 Å². The molecule has 0 aliphatic carbocycles. The molecule has 106 valence electrons. The third-order valence-electron chi connectivity index (χ3n) is 3.37. The summed E-state index contributed by atoms with van der Waals surface area (Å²) in [5, 5.41) is 3.14. The highest BCUT2D eigenvalue weighted by molar-refractivity contribution is 5.94. The van der Waals surface area contributed by atoms with Crippen molar-refractivity contribution in [2.75, 3.05) is 20.1 Å². The number of benzene rings is 1. The van der Waals surface area contributed by atoms with Crippen LogP contribution in [0.3, 0.4) is 0 Å². The van der Waals surface area contributed by atoms with Gasteiger partial charge in [0.1, 0.15) is 17.2 Å². The van der Waals surface area contributed by atoms with Gasteiger partial charge in [0.15, 0.2) is 0 Å². The van der Waals surface area contributed by atoms with Crippen LogP contribution >= 0.6 is 12.4 Å². The van der Waals surface area contributed by atoms with Gasteiger partial charge in [0.2, 0.25) is 0 Å². The molecule has 0 aromatic heterocycles. The summed E-state index contributed by atoms with van der Waals surface area (Å²) >= 11 is 0. The van der Waals surface area contributed by atoms with Gasteiger partial charge in [-0.2, -0.15) is 0 Å². The van der Waals surface area contributed by atoms with Crippen LogP contribution in [0.2, 0.25) is 0 Å². The molecular formula is C13H17ClF2N2O. The van der Waals surface area contributed by atoms with E-state index in [1.807, 2.05) is 7.05 Å². The summed E-state index contributed by atoms with van der Waals surface area (Å²) in [5.41, 5.74) is -0.444. The number of likely N-dealkylation sites (tertiary alicyclic amines) is 1. The summed E-state index contributed by atoms with van der Waals surface area (Å²) in [7, 11) is 1.87. The van der Waals surface area contributed by atoms with Gasteiger partial charge >= 0.3 is 0 Å². The minimum absolute atomic E-state index is 0. The fourth-order valence-corrected chi connectivity index (χ4v) is 2.23. The van der Waals surface area contributed by atoms with Crippen LogP contribution in [0.5, 0.6) is 0 Å². The maximum atomic E-state index is 13.5. The molecule has 1 aromatic carbocycles. The standard InChI is InChI=1S/C13H16F2N2O.ClH/c1-16-9-5-7-17(8-6-9)13(18)12-10(14)3-2-4-11(12)15;/h2-4,9,16H,5-8H2,1H3;1H. The topological polar surface area (TPSA) is 32.3 Å². The molecule has 1 aliphatic rings. The Morgan fingerprint density at radius 2 is 1.79 bits per heavy atom. The van der Waals surface area contributed by atoms with Crippen LogP contribution in [0.1, 0.15) is 23.2 Å². The second kappa shape index (κ2) is 6.82. The van der Waals surface area contributed by atoms with Crippen LogP contribution in [0.4, 0.5) is 8.78 Å². The van der Waals surface area contributed by atoms with E-state index in [4.69, 9.17) is 0 Å². The maximum absolute atomic E-state index is 13.5. The molecule has 0 bridgehead atoms. The highest BCUT2D eigenvalue weighted by atomic mass is 35.5. The Labute approximate surface area is 117 Å². The Morgan fingerprint density at radius 3 is 2.26 bits per heavy atom. The molecule has 1 saturated heterocycles. The molecule has 0 radical (unpaired) electrons. The highest BCUT2D eigenvalue weighted by Crippen LogP contribution is 2.18. The second-order valence-electron chi connectivity index (χ2n) is 4.45. The smallest absolute Gasteiger partial charge is 0.259 e. The SMILES string of the molecule is CNC1CCN(C(=O)c2c(F)cccc2F)CC1.Cl. The number of amides is 1. The average molecular weight is 291 g/mol. The van der Waals surface area contributed by atoms with E-state index in [0.717, 1.165) is 25.0 Å². The van der Waals surface area contributed by atoms with Gasteiger partial charge in [-0.1, -0.05) is 6.07 Å². The molecule has 2 rings (SSSR count). The number of carbonyl (C=O) groups excluding carboxylic acids is 1. The van der Waals surface area contributed by atoms with Crippen LogP contribution in [0.25, 0.3) is 0 Å². The first-order valence-electron chi connectivity index (χ1n) is 6.04. The number of piperidine rings is 1. The van der Waals surface area contributed by atoms with Crippen molar-refractivity contribution >= 4 is 18.3 Å². The van der Waals surface area contributed by atoms with E-state index < -0.39 is 23.1 Å². The summed E-state index contributed by atoms with van der Waals surface area (Å²) in [4.78, 5) is 13.6. The van der Waals surface area contributed by atoms with E-state index in [0.29, 0.717) is 19.1 Å². The first-order chi connectivity index (χ1) is 8.63. The van der Waals surface area contributed by atoms with Gasteiger partial charge in [-0.15, -0.1) is 12.4 Å². The van der Waals surface area contributed by atoms with Crippen LogP contribution in [0.15, 0.2) is 18.2 Å². The van der Waals surface area contributed by atoms with Gasteiger partial charge in [0.25, 0.3) is 5.91 Å². The van der Waals surface area contributed by atoms with Crippen molar-refractivity contribution in [3.05, 3.63) is 35.4 Å². The van der Waals surface area contributed by atoms with Gasteiger partial charge in [-0.05, 0) is 32.0 Å². The summed E-state index contributed by atoms with van der Waals surface area (Å²) in [6, 6.07) is 3.85. The van der Waals surface area contributed by atoms with Crippen molar-refractivity contribution in [2.45, 2.75) is 18.9 Å². The number of hydrogen-bond donors (Lipinski definition) is 1. The molecule has 1 N–H and O–H groups in total. The van der Waals surface area contributed by atoms with Crippen molar-refractivity contribution in [3.63, 3.8) is 0 Å². The molecule has 0 saturated carbocycles. The Balaban J connectivity index is 0.00000180. The first kappa shape index (κ1) is 15.9. The Morgan fingerprint density at radius 1 is 1.26 bits per heavy atom. The number of nitrogens with zero attached hydrogens (tertiary/aromatic N) is 1. The quantitative estimate of drug-likeness (QED) is 0.906. The minimum atomic E-state index is -0.796. The number of rotatable bonds is 2. The van der Waals surface area contributed by atoms with E-state index in [9.17, 15) is 13.6 Å². The zero-order valence-electron chi connectivity index (χ0n) is 10.7. The number of hydrogen-bond acceptors (Lipinski definition) is 2. The molecule has 1 aromatic rings. The second-order valence-corrected chi connectivity index (χ2v) is 4.45. The molecule has 3 nitrogen and oxygen atoms in total. The van der Waals surface area contributed by atoms with Crippen LogP contribution in [-0.4, -0.2) is 37.0 Å². The largest absolute Gasteiger partial charge is 0.338 e. The van der Waals surface area contributed by atoms with Gasteiger partial charge in [-0.25, -0.2) is 8.78 Å². The monoisotopic (exact) mass is 290 g/mol. The first-order valence-corrected chi connectivity index (χ1v) is 6.04. The number of halogens is 3. The van der Waals surface area contributed by atoms with Crippen molar-refractivity contribution in [3.8, 4) is 0 Å². The van der Waals surface area contributed by atoms with Gasteiger partial charge in [0, 0.05) is 19.1 Å². The lowest BCUT2D eigenvalue weighted by molar-refractivity contribution is 0.0697. The normalized spacial score (nSPS) is 16.1. The van der Waals surface area contributed by atoms with Gasteiger partial charge < -0.3 is 10.2 Å². The molecule has 0 atom stereocenters. The van der Waals surface area contributed by atoms with Crippen LogP contribution in [-0.2, 0) is 0 Å².